The van der Waals surface area contributed by atoms with Gasteiger partial charge < -0.3 is 10.1 Å². The van der Waals surface area contributed by atoms with Gasteiger partial charge in [0.1, 0.15) is 0 Å². The zero-order valence-electron chi connectivity index (χ0n) is 5.94. The van der Waals surface area contributed by atoms with Gasteiger partial charge in [-0.2, -0.15) is 0 Å². The largest absolute Gasteiger partial charge is 0.465 e. The molecule has 0 aromatic rings. The first kappa shape index (κ1) is 12.1. The number of ether oxygens (including phenoxy) is 1. The summed E-state index contributed by atoms with van der Waals surface area (Å²) in [5.74, 6) is -0.181. The Labute approximate surface area is 62.8 Å². The molecular formula is C7H17NO2. The van der Waals surface area contributed by atoms with E-state index in [1.807, 2.05) is 6.92 Å². The fraction of sp³-hybridized carbons (Fsp3) is 0.857. The molecule has 0 fully saturated rings. The Morgan fingerprint density at radius 1 is 1.60 bits per heavy atom. The van der Waals surface area contributed by atoms with Crippen LogP contribution in [0.15, 0.2) is 0 Å². The number of hydrogen-bond donors (Lipinski definition) is 1. The number of nitrogens with one attached hydrogen (secondary N) is 1. The molecule has 0 atom stereocenters. The van der Waals surface area contributed by atoms with Crippen LogP contribution in [0.1, 0.15) is 20.8 Å². The minimum atomic E-state index is -0.181. The molecule has 0 aliphatic heterocycles. The Balaban J connectivity index is 0. The van der Waals surface area contributed by atoms with Crippen LogP contribution in [0.4, 0.5) is 0 Å². The lowest BCUT2D eigenvalue weighted by Crippen LogP contribution is -2.20. The van der Waals surface area contributed by atoms with E-state index in [9.17, 15) is 4.79 Å². The molecule has 0 rings (SSSR count). The van der Waals surface area contributed by atoms with Crippen LogP contribution in [0.5, 0.6) is 0 Å². The predicted molar refractivity (Wildman–Crippen MR) is 41.9 cm³/mol. The zero-order valence-corrected chi connectivity index (χ0v) is 5.94. The standard InChI is InChI=1S/C6H13NO2.CH4/c1-3-4-9-6(8)5-7-2;/h7H,3-5H2,1-2H3;1H4. The predicted octanol–water partition coefficient (Wildman–Crippen LogP) is 0.795. The van der Waals surface area contributed by atoms with Gasteiger partial charge in [0.15, 0.2) is 0 Å². The lowest BCUT2D eigenvalue weighted by Gasteiger charge is -1.99. The van der Waals surface area contributed by atoms with Gasteiger partial charge in [0.05, 0.1) is 13.2 Å². The van der Waals surface area contributed by atoms with E-state index >= 15 is 0 Å². The zero-order chi connectivity index (χ0) is 7.11. The fourth-order valence-corrected chi connectivity index (χ4v) is 0.411. The van der Waals surface area contributed by atoms with Crippen molar-refractivity contribution in [3.8, 4) is 0 Å². The van der Waals surface area contributed by atoms with Gasteiger partial charge in [0.2, 0.25) is 0 Å². The first-order valence-corrected chi connectivity index (χ1v) is 3.11. The number of likely N-dealkylation sites (N-methyl/N-ethyl adjacent to an activating group) is 1. The van der Waals surface area contributed by atoms with E-state index in [-0.39, 0.29) is 13.4 Å². The monoisotopic (exact) mass is 147 g/mol. The van der Waals surface area contributed by atoms with Gasteiger partial charge in [-0.1, -0.05) is 14.4 Å². The molecule has 0 unspecified atom stereocenters. The van der Waals surface area contributed by atoms with E-state index in [1.54, 1.807) is 7.05 Å². The lowest BCUT2D eigenvalue weighted by atomic mass is 10.5. The van der Waals surface area contributed by atoms with Crippen molar-refractivity contribution < 1.29 is 9.53 Å². The third-order valence-corrected chi connectivity index (χ3v) is 0.788. The Morgan fingerprint density at radius 3 is 2.60 bits per heavy atom. The number of hydrogen-bond acceptors (Lipinski definition) is 3. The van der Waals surface area contributed by atoms with Crippen LogP contribution in [0.3, 0.4) is 0 Å². The van der Waals surface area contributed by atoms with Crippen LogP contribution >= 0.6 is 0 Å². The summed E-state index contributed by atoms with van der Waals surface area (Å²) < 4.78 is 4.73. The molecule has 0 saturated heterocycles. The first-order chi connectivity index (χ1) is 4.31. The highest BCUT2D eigenvalue weighted by Gasteiger charge is 1.96. The maximum absolute atomic E-state index is 10.5. The molecule has 0 aliphatic rings. The number of esters is 1. The van der Waals surface area contributed by atoms with Gasteiger partial charge in [-0.15, -0.1) is 0 Å². The van der Waals surface area contributed by atoms with E-state index in [1.165, 1.54) is 0 Å². The summed E-state index contributed by atoms with van der Waals surface area (Å²) in [5, 5.41) is 2.70. The Hall–Kier alpha value is -0.570. The van der Waals surface area contributed by atoms with Crippen LogP contribution < -0.4 is 5.32 Å². The van der Waals surface area contributed by atoms with Crippen LogP contribution in [-0.2, 0) is 9.53 Å². The molecule has 62 valence electrons. The van der Waals surface area contributed by atoms with Gasteiger partial charge in [0, 0.05) is 0 Å². The normalized spacial score (nSPS) is 8.20. The van der Waals surface area contributed by atoms with Crippen LogP contribution in [0.25, 0.3) is 0 Å². The molecule has 0 aliphatic carbocycles. The average Bonchev–Trinajstić information content (AvgIpc) is 1.85. The first-order valence-electron chi connectivity index (χ1n) is 3.11. The minimum Gasteiger partial charge on any atom is -0.465 e. The van der Waals surface area contributed by atoms with Crippen molar-refractivity contribution in [2.45, 2.75) is 20.8 Å². The molecule has 0 amide bonds. The van der Waals surface area contributed by atoms with E-state index < -0.39 is 0 Å². The van der Waals surface area contributed by atoms with Crippen LogP contribution in [-0.4, -0.2) is 26.2 Å². The Kier molecular flexibility index (Phi) is 10.2. The summed E-state index contributed by atoms with van der Waals surface area (Å²) in [6.07, 6.45) is 0.884. The quantitative estimate of drug-likeness (QED) is 0.598. The second-order valence-electron chi connectivity index (χ2n) is 1.75. The van der Waals surface area contributed by atoms with E-state index in [4.69, 9.17) is 4.74 Å². The third-order valence-electron chi connectivity index (χ3n) is 0.788. The summed E-state index contributed by atoms with van der Waals surface area (Å²) in [5.41, 5.74) is 0. The molecule has 0 spiro atoms. The van der Waals surface area contributed by atoms with Gasteiger partial charge in [0.25, 0.3) is 0 Å². The molecule has 1 N–H and O–H groups in total. The van der Waals surface area contributed by atoms with Crippen molar-refractivity contribution in [3.05, 3.63) is 0 Å². The smallest absolute Gasteiger partial charge is 0.319 e. The van der Waals surface area contributed by atoms with E-state index in [0.29, 0.717) is 13.2 Å². The molecular weight excluding hydrogens is 130 g/mol. The molecule has 0 radical (unpaired) electrons. The summed E-state index contributed by atoms with van der Waals surface area (Å²) in [7, 11) is 1.72. The number of rotatable bonds is 4. The second kappa shape index (κ2) is 8.43. The molecule has 3 nitrogen and oxygen atoms in total. The number of carbonyl (C=O) groups is 1. The molecule has 0 aromatic carbocycles. The average molecular weight is 147 g/mol. The second-order valence-corrected chi connectivity index (χ2v) is 1.75. The topological polar surface area (TPSA) is 38.3 Å². The Bertz CT molecular complexity index is 83.7. The van der Waals surface area contributed by atoms with Gasteiger partial charge in [-0.3, -0.25) is 4.79 Å². The maximum Gasteiger partial charge on any atom is 0.319 e. The Morgan fingerprint density at radius 2 is 2.20 bits per heavy atom. The van der Waals surface area contributed by atoms with Crippen molar-refractivity contribution in [1.82, 2.24) is 5.32 Å². The highest BCUT2D eigenvalue weighted by molar-refractivity contribution is 5.71. The lowest BCUT2D eigenvalue weighted by molar-refractivity contribution is -0.142. The summed E-state index contributed by atoms with van der Waals surface area (Å²) in [6, 6.07) is 0. The highest BCUT2D eigenvalue weighted by atomic mass is 16.5. The molecule has 0 heterocycles. The maximum atomic E-state index is 10.5. The SMILES string of the molecule is C.CCCOC(=O)CNC. The van der Waals surface area contributed by atoms with Crippen molar-refractivity contribution in [3.63, 3.8) is 0 Å². The van der Waals surface area contributed by atoms with Gasteiger partial charge in [-0.05, 0) is 13.5 Å². The summed E-state index contributed by atoms with van der Waals surface area (Å²) >= 11 is 0. The fourth-order valence-electron chi connectivity index (χ4n) is 0.411. The summed E-state index contributed by atoms with van der Waals surface area (Å²) in [6.45, 7) is 2.80. The molecule has 3 heteroatoms. The van der Waals surface area contributed by atoms with Crippen LogP contribution in [0.2, 0.25) is 0 Å². The molecule has 10 heavy (non-hydrogen) atoms. The van der Waals surface area contributed by atoms with Gasteiger partial charge >= 0.3 is 5.97 Å². The number of carbonyl (C=O) groups excluding carboxylic acids is 1. The molecule has 0 bridgehead atoms. The molecule has 0 aromatic heterocycles. The van der Waals surface area contributed by atoms with Crippen molar-refractivity contribution in [1.29, 1.82) is 0 Å². The summed E-state index contributed by atoms with van der Waals surface area (Å²) in [4.78, 5) is 10.5. The van der Waals surface area contributed by atoms with Crippen molar-refractivity contribution >= 4 is 5.97 Å². The van der Waals surface area contributed by atoms with E-state index in [2.05, 4.69) is 5.32 Å². The van der Waals surface area contributed by atoms with Gasteiger partial charge in [-0.25, -0.2) is 0 Å². The van der Waals surface area contributed by atoms with Crippen LogP contribution in [0, 0.1) is 0 Å². The van der Waals surface area contributed by atoms with E-state index in [0.717, 1.165) is 6.42 Å². The van der Waals surface area contributed by atoms with Crippen molar-refractivity contribution in [2.75, 3.05) is 20.2 Å². The molecule has 0 saturated carbocycles. The highest BCUT2D eigenvalue weighted by Crippen LogP contribution is 1.79. The van der Waals surface area contributed by atoms with Crippen molar-refractivity contribution in [2.24, 2.45) is 0 Å². The third kappa shape index (κ3) is 7.43. The minimum absolute atomic E-state index is 0.